The lowest BCUT2D eigenvalue weighted by Gasteiger charge is -2.04. The standard InChI is InChI=1S/C13H12ClN3O3/c14-10-1-3-11(4-2-10)17-8-9(7-15)13(20)16-6-5-12(18)19/h1-4,8,17H,5-6H2,(H,16,20)(H,18,19)/b9-8-. The SMILES string of the molecule is N#C/C(=C/Nc1ccc(Cl)cc1)C(=O)NCCC(=O)O. The van der Waals surface area contributed by atoms with Crippen LogP contribution in [0.1, 0.15) is 6.42 Å². The number of amides is 1. The molecule has 1 rings (SSSR count). The van der Waals surface area contributed by atoms with Gasteiger partial charge in [0.1, 0.15) is 11.6 Å². The molecule has 3 N–H and O–H groups in total. The number of aliphatic carboxylic acids is 1. The Morgan fingerprint density at radius 1 is 1.35 bits per heavy atom. The van der Waals surface area contributed by atoms with Crippen molar-refractivity contribution in [1.82, 2.24) is 5.32 Å². The van der Waals surface area contributed by atoms with Gasteiger partial charge in [-0.25, -0.2) is 0 Å². The Labute approximate surface area is 120 Å². The highest BCUT2D eigenvalue weighted by molar-refractivity contribution is 6.30. The number of carboxylic acid groups (broad SMARTS) is 1. The second-order valence-electron chi connectivity index (χ2n) is 3.72. The number of carbonyl (C=O) groups excluding carboxylic acids is 1. The van der Waals surface area contributed by atoms with Gasteiger partial charge in [0.15, 0.2) is 0 Å². The number of rotatable bonds is 6. The van der Waals surface area contributed by atoms with Crippen molar-refractivity contribution < 1.29 is 14.7 Å². The van der Waals surface area contributed by atoms with Crippen LogP contribution in [0.5, 0.6) is 0 Å². The molecule has 7 heteroatoms. The second kappa shape index (κ2) is 7.81. The van der Waals surface area contributed by atoms with Gasteiger partial charge in [-0.3, -0.25) is 9.59 Å². The first-order valence-electron chi connectivity index (χ1n) is 5.65. The highest BCUT2D eigenvalue weighted by Gasteiger charge is 2.08. The van der Waals surface area contributed by atoms with Crippen LogP contribution in [0.25, 0.3) is 0 Å². The van der Waals surface area contributed by atoms with Crippen molar-refractivity contribution in [3.05, 3.63) is 41.1 Å². The topological polar surface area (TPSA) is 102 Å². The predicted octanol–water partition coefficient (Wildman–Crippen LogP) is 1.75. The van der Waals surface area contributed by atoms with Crippen LogP contribution in [-0.4, -0.2) is 23.5 Å². The molecule has 1 amide bonds. The summed E-state index contributed by atoms with van der Waals surface area (Å²) in [6.45, 7) is -0.0336. The summed E-state index contributed by atoms with van der Waals surface area (Å²) < 4.78 is 0. The highest BCUT2D eigenvalue weighted by atomic mass is 35.5. The van der Waals surface area contributed by atoms with Gasteiger partial charge in [-0.05, 0) is 24.3 Å². The van der Waals surface area contributed by atoms with Crippen LogP contribution in [-0.2, 0) is 9.59 Å². The third kappa shape index (κ3) is 5.42. The fourth-order valence-corrected chi connectivity index (χ4v) is 1.35. The molecule has 0 heterocycles. The van der Waals surface area contributed by atoms with E-state index in [2.05, 4.69) is 10.6 Å². The summed E-state index contributed by atoms with van der Waals surface area (Å²) >= 11 is 5.73. The van der Waals surface area contributed by atoms with Crippen molar-refractivity contribution in [3.8, 4) is 6.07 Å². The molecule has 20 heavy (non-hydrogen) atoms. The molecule has 0 spiro atoms. The maximum atomic E-state index is 11.6. The average molecular weight is 294 g/mol. The third-order valence-electron chi connectivity index (χ3n) is 2.22. The van der Waals surface area contributed by atoms with Gasteiger partial charge in [-0.1, -0.05) is 11.6 Å². The summed E-state index contributed by atoms with van der Waals surface area (Å²) in [5.74, 6) is -1.65. The first-order valence-corrected chi connectivity index (χ1v) is 6.03. The first-order chi connectivity index (χ1) is 9.52. The van der Waals surface area contributed by atoms with Gasteiger partial charge in [0.05, 0.1) is 6.42 Å². The molecule has 1 aromatic carbocycles. The molecule has 0 saturated carbocycles. The van der Waals surface area contributed by atoms with E-state index >= 15 is 0 Å². The van der Waals surface area contributed by atoms with E-state index in [1.54, 1.807) is 30.3 Å². The number of nitriles is 1. The van der Waals surface area contributed by atoms with Crippen LogP contribution in [0.4, 0.5) is 5.69 Å². The summed E-state index contributed by atoms with van der Waals surface area (Å²) in [6.07, 6.45) is 1.05. The van der Waals surface area contributed by atoms with Crippen LogP contribution >= 0.6 is 11.6 Å². The normalized spacial score (nSPS) is 10.5. The van der Waals surface area contributed by atoms with Crippen LogP contribution in [0.15, 0.2) is 36.0 Å². The zero-order valence-electron chi connectivity index (χ0n) is 10.4. The third-order valence-corrected chi connectivity index (χ3v) is 2.47. The maximum Gasteiger partial charge on any atom is 0.305 e. The van der Waals surface area contributed by atoms with Crippen molar-refractivity contribution in [1.29, 1.82) is 5.26 Å². The molecule has 0 radical (unpaired) electrons. The number of carboxylic acids is 1. The zero-order valence-corrected chi connectivity index (χ0v) is 11.1. The van der Waals surface area contributed by atoms with E-state index in [9.17, 15) is 9.59 Å². The number of benzene rings is 1. The summed E-state index contributed by atoms with van der Waals surface area (Å²) in [6, 6.07) is 8.44. The minimum Gasteiger partial charge on any atom is -0.481 e. The van der Waals surface area contributed by atoms with Gasteiger partial charge in [0, 0.05) is 23.5 Å². The Bertz CT molecular complexity index is 561. The molecule has 0 aromatic heterocycles. The first kappa shape index (κ1) is 15.5. The van der Waals surface area contributed by atoms with Gasteiger partial charge in [-0.15, -0.1) is 0 Å². The Balaban J connectivity index is 2.58. The molecule has 0 atom stereocenters. The van der Waals surface area contributed by atoms with Crippen LogP contribution in [0.2, 0.25) is 5.02 Å². The molecule has 0 unspecified atom stereocenters. The molecule has 1 aromatic rings. The van der Waals surface area contributed by atoms with Crippen LogP contribution < -0.4 is 10.6 Å². The fraction of sp³-hybridized carbons (Fsp3) is 0.154. The van der Waals surface area contributed by atoms with Gasteiger partial charge in [-0.2, -0.15) is 5.26 Å². The van der Waals surface area contributed by atoms with Gasteiger partial charge >= 0.3 is 5.97 Å². The number of nitrogens with zero attached hydrogens (tertiary/aromatic N) is 1. The van der Waals surface area contributed by atoms with E-state index in [-0.39, 0.29) is 18.5 Å². The summed E-state index contributed by atoms with van der Waals surface area (Å²) in [7, 11) is 0. The van der Waals surface area contributed by atoms with Gasteiger partial charge in [0.2, 0.25) is 0 Å². The Morgan fingerprint density at radius 2 is 2.00 bits per heavy atom. The molecule has 0 fully saturated rings. The van der Waals surface area contributed by atoms with E-state index in [0.717, 1.165) is 0 Å². The number of carbonyl (C=O) groups is 2. The number of hydrogen-bond acceptors (Lipinski definition) is 4. The lowest BCUT2D eigenvalue weighted by Crippen LogP contribution is -2.27. The molecule has 0 aliphatic rings. The Kier molecular flexibility index (Phi) is 6.07. The molecule has 0 bridgehead atoms. The van der Waals surface area contributed by atoms with Crippen molar-refractivity contribution >= 4 is 29.2 Å². The van der Waals surface area contributed by atoms with Crippen LogP contribution in [0.3, 0.4) is 0 Å². The molecule has 0 saturated heterocycles. The molecular weight excluding hydrogens is 282 g/mol. The number of anilines is 1. The van der Waals surface area contributed by atoms with Crippen LogP contribution in [0, 0.1) is 11.3 Å². The summed E-state index contributed by atoms with van der Waals surface area (Å²) in [5, 5.41) is 23.0. The van der Waals surface area contributed by atoms with Gasteiger partial charge < -0.3 is 15.7 Å². The summed E-state index contributed by atoms with van der Waals surface area (Å²) in [4.78, 5) is 21.9. The molecule has 104 valence electrons. The lowest BCUT2D eigenvalue weighted by molar-refractivity contribution is -0.136. The van der Waals surface area contributed by atoms with E-state index in [4.69, 9.17) is 22.0 Å². The van der Waals surface area contributed by atoms with E-state index in [1.807, 2.05) is 0 Å². The quantitative estimate of drug-likeness (QED) is 0.548. The number of nitrogens with one attached hydrogen (secondary N) is 2. The average Bonchev–Trinajstić information content (AvgIpc) is 2.41. The minimum atomic E-state index is -1.02. The number of hydrogen-bond donors (Lipinski definition) is 3. The van der Waals surface area contributed by atoms with E-state index in [1.165, 1.54) is 6.20 Å². The van der Waals surface area contributed by atoms with E-state index in [0.29, 0.717) is 10.7 Å². The minimum absolute atomic E-state index is 0.0336. The molecule has 6 nitrogen and oxygen atoms in total. The molecule has 0 aliphatic heterocycles. The van der Waals surface area contributed by atoms with Crippen molar-refractivity contribution in [3.63, 3.8) is 0 Å². The predicted molar refractivity (Wildman–Crippen MR) is 74.0 cm³/mol. The van der Waals surface area contributed by atoms with Gasteiger partial charge in [0.25, 0.3) is 5.91 Å². The molecular formula is C13H12ClN3O3. The second-order valence-corrected chi connectivity index (χ2v) is 4.16. The molecule has 0 aliphatic carbocycles. The number of halogens is 1. The zero-order chi connectivity index (χ0) is 15.0. The summed E-state index contributed by atoms with van der Waals surface area (Å²) in [5.41, 5.74) is 0.519. The maximum absolute atomic E-state index is 11.6. The van der Waals surface area contributed by atoms with Crippen molar-refractivity contribution in [2.75, 3.05) is 11.9 Å². The fourth-order valence-electron chi connectivity index (χ4n) is 1.23. The largest absolute Gasteiger partial charge is 0.481 e. The smallest absolute Gasteiger partial charge is 0.305 e. The monoisotopic (exact) mass is 293 g/mol. The highest BCUT2D eigenvalue weighted by Crippen LogP contribution is 2.13. The Morgan fingerprint density at radius 3 is 2.55 bits per heavy atom. The Hall–Kier alpha value is -2.52. The van der Waals surface area contributed by atoms with Crippen molar-refractivity contribution in [2.45, 2.75) is 6.42 Å². The lowest BCUT2D eigenvalue weighted by atomic mass is 10.2. The van der Waals surface area contributed by atoms with Crippen molar-refractivity contribution in [2.24, 2.45) is 0 Å². The van der Waals surface area contributed by atoms with E-state index < -0.39 is 11.9 Å².